The predicted molar refractivity (Wildman–Crippen MR) is 56.2 cm³/mol. The van der Waals surface area contributed by atoms with Gasteiger partial charge in [0.25, 0.3) is 5.69 Å². The van der Waals surface area contributed by atoms with Crippen molar-refractivity contribution in [1.29, 1.82) is 0 Å². The minimum absolute atomic E-state index is 0.0307. The van der Waals surface area contributed by atoms with Gasteiger partial charge in [-0.2, -0.15) is 0 Å². The van der Waals surface area contributed by atoms with Gasteiger partial charge in [-0.15, -0.1) is 0 Å². The Balaban J connectivity index is 3.07. The summed E-state index contributed by atoms with van der Waals surface area (Å²) in [5, 5.41) is 19.7. The van der Waals surface area contributed by atoms with Crippen LogP contribution in [-0.2, 0) is 6.42 Å². The number of nitro groups is 1. The summed E-state index contributed by atoms with van der Waals surface area (Å²) in [7, 11) is 0. The summed E-state index contributed by atoms with van der Waals surface area (Å²) in [6.07, 6.45) is -0.101. The first kappa shape index (κ1) is 11.1. The average Bonchev–Trinajstić information content (AvgIpc) is 2.07. The molecular weight excluding hydrogens is 250 g/mol. The van der Waals surface area contributed by atoms with Crippen LogP contribution in [0.5, 0.6) is 0 Å². The topological polar surface area (TPSA) is 63.4 Å². The Labute approximate surface area is 89.8 Å². The molecule has 1 unspecified atom stereocenters. The first-order valence-corrected chi connectivity index (χ1v) is 4.91. The van der Waals surface area contributed by atoms with E-state index in [1.807, 2.05) is 0 Å². The molecule has 0 saturated carbocycles. The van der Waals surface area contributed by atoms with Gasteiger partial charge in [0.15, 0.2) is 0 Å². The van der Waals surface area contributed by atoms with E-state index in [2.05, 4.69) is 15.9 Å². The maximum Gasteiger partial charge on any atom is 0.283 e. The zero-order valence-corrected chi connectivity index (χ0v) is 9.19. The van der Waals surface area contributed by atoms with Gasteiger partial charge in [-0.1, -0.05) is 12.1 Å². The summed E-state index contributed by atoms with van der Waals surface area (Å²) in [5.74, 6) is 0. The molecule has 0 saturated heterocycles. The van der Waals surface area contributed by atoms with E-state index in [-0.39, 0.29) is 5.69 Å². The Kier molecular flexibility index (Phi) is 3.60. The Morgan fingerprint density at radius 2 is 2.29 bits per heavy atom. The van der Waals surface area contributed by atoms with E-state index in [9.17, 15) is 10.1 Å². The highest BCUT2D eigenvalue weighted by Gasteiger charge is 2.15. The highest BCUT2D eigenvalue weighted by atomic mass is 79.9. The van der Waals surface area contributed by atoms with Gasteiger partial charge in [0.2, 0.25) is 0 Å². The predicted octanol–water partition coefficient (Wildman–Crippen LogP) is 2.28. The van der Waals surface area contributed by atoms with Crippen LogP contribution in [0.4, 0.5) is 5.69 Å². The van der Waals surface area contributed by atoms with E-state index < -0.39 is 11.0 Å². The standard InChI is InChI=1S/C9H10BrNO3/c1-6(12)5-7-3-2-4-8(9(7)10)11(13)14/h2-4,6,12H,5H2,1H3. The van der Waals surface area contributed by atoms with Crippen molar-refractivity contribution in [2.24, 2.45) is 0 Å². The highest BCUT2D eigenvalue weighted by Crippen LogP contribution is 2.28. The van der Waals surface area contributed by atoms with Crippen LogP contribution in [-0.4, -0.2) is 16.1 Å². The van der Waals surface area contributed by atoms with Crippen LogP contribution in [0.1, 0.15) is 12.5 Å². The fraction of sp³-hybridized carbons (Fsp3) is 0.333. The summed E-state index contributed by atoms with van der Waals surface area (Å²) in [4.78, 5) is 10.1. The van der Waals surface area contributed by atoms with Gasteiger partial charge in [-0.05, 0) is 34.8 Å². The van der Waals surface area contributed by atoms with Gasteiger partial charge in [-0.25, -0.2) is 0 Å². The van der Waals surface area contributed by atoms with Crippen LogP contribution in [0.3, 0.4) is 0 Å². The molecule has 0 aromatic heterocycles. The maximum atomic E-state index is 10.6. The molecule has 1 N–H and O–H groups in total. The van der Waals surface area contributed by atoms with E-state index in [0.29, 0.717) is 10.9 Å². The molecule has 4 nitrogen and oxygen atoms in total. The molecule has 0 aliphatic carbocycles. The lowest BCUT2D eigenvalue weighted by Crippen LogP contribution is -2.05. The van der Waals surface area contributed by atoms with Crippen molar-refractivity contribution in [3.63, 3.8) is 0 Å². The van der Waals surface area contributed by atoms with Gasteiger partial charge in [0.05, 0.1) is 15.5 Å². The molecule has 0 spiro atoms. The van der Waals surface area contributed by atoms with Gasteiger partial charge in [0, 0.05) is 6.07 Å². The smallest absolute Gasteiger partial charge is 0.283 e. The average molecular weight is 260 g/mol. The molecule has 0 amide bonds. The van der Waals surface area contributed by atoms with Crippen LogP contribution in [0.15, 0.2) is 22.7 Å². The molecule has 0 fully saturated rings. The molecule has 0 aliphatic heterocycles. The first-order valence-electron chi connectivity index (χ1n) is 4.12. The Hall–Kier alpha value is -0.940. The van der Waals surface area contributed by atoms with Crippen LogP contribution in [0, 0.1) is 10.1 Å². The third-order valence-corrected chi connectivity index (χ3v) is 2.69. The third kappa shape index (κ3) is 2.52. The molecule has 76 valence electrons. The largest absolute Gasteiger partial charge is 0.393 e. The summed E-state index contributed by atoms with van der Waals surface area (Å²) >= 11 is 3.16. The molecule has 1 atom stereocenters. The number of hydrogen-bond acceptors (Lipinski definition) is 3. The normalized spacial score (nSPS) is 12.5. The Morgan fingerprint density at radius 1 is 1.64 bits per heavy atom. The molecule has 1 aromatic carbocycles. The quantitative estimate of drug-likeness (QED) is 0.669. The van der Waals surface area contributed by atoms with Crippen LogP contribution in [0.25, 0.3) is 0 Å². The van der Waals surface area contributed by atoms with Gasteiger partial charge >= 0.3 is 0 Å². The van der Waals surface area contributed by atoms with E-state index in [4.69, 9.17) is 5.11 Å². The number of halogens is 1. The Bertz CT molecular complexity index is 352. The summed E-state index contributed by atoms with van der Waals surface area (Å²) in [5.41, 5.74) is 0.775. The number of hydrogen-bond donors (Lipinski definition) is 1. The molecule has 1 rings (SSSR count). The number of aliphatic hydroxyl groups is 1. The van der Waals surface area contributed by atoms with E-state index >= 15 is 0 Å². The number of rotatable bonds is 3. The lowest BCUT2D eigenvalue weighted by atomic mass is 10.1. The van der Waals surface area contributed by atoms with Crippen molar-refractivity contribution in [2.75, 3.05) is 0 Å². The van der Waals surface area contributed by atoms with Crippen molar-refractivity contribution < 1.29 is 10.0 Å². The lowest BCUT2D eigenvalue weighted by Gasteiger charge is -2.06. The molecule has 0 bridgehead atoms. The van der Waals surface area contributed by atoms with E-state index in [1.165, 1.54) is 6.07 Å². The summed E-state index contributed by atoms with van der Waals surface area (Å²) < 4.78 is 0.450. The molecule has 14 heavy (non-hydrogen) atoms. The van der Waals surface area contributed by atoms with Crippen molar-refractivity contribution in [3.8, 4) is 0 Å². The minimum Gasteiger partial charge on any atom is -0.393 e. The molecule has 5 heteroatoms. The summed E-state index contributed by atoms with van der Waals surface area (Å²) in [6, 6.07) is 4.79. The fourth-order valence-corrected chi connectivity index (χ4v) is 1.75. The third-order valence-electron chi connectivity index (χ3n) is 1.77. The zero-order valence-electron chi connectivity index (χ0n) is 7.61. The van der Waals surface area contributed by atoms with E-state index in [1.54, 1.807) is 19.1 Å². The van der Waals surface area contributed by atoms with Crippen LogP contribution in [0.2, 0.25) is 0 Å². The van der Waals surface area contributed by atoms with Crippen molar-refractivity contribution in [2.45, 2.75) is 19.4 Å². The van der Waals surface area contributed by atoms with Gasteiger partial charge in [0.1, 0.15) is 0 Å². The minimum atomic E-state index is -0.506. The SMILES string of the molecule is CC(O)Cc1cccc([N+](=O)[O-])c1Br. The second-order valence-electron chi connectivity index (χ2n) is 3.06. The second kappa shape index (κ2) is 4.52. The van der Waals surface area contributed by atoms with Crippen molar-refractivity contribution in [3.05, 3.63) is 38.3 Å². The fourth-order valence-electron chi connectivity index (χ4n) is 1.18. The number of aliphatic hydroxyl groups excluding tert-OH is 1. The maximum absolute atomic E-state index is 10.6. The summed E-state index contributed by atoms with van der Waals surface area (Å²) in [6.45, 7) is 1.64. The van der Waals surface area contributed by atoms with Gasteiger partial charge < -0.3 is 5.11 Å². The highest BCUT2D eigenvalue weighted by molar-refractivity contribution is 9.10. The number of nitrogens with zero attached hydrogens (tertiary/aromatic N) is 1. The zero-order chi connectivity index (χ0) is 10.7. The molecule has 1 aromatic rings. The number of benzene rings is 1. The first-order chi connectivity index (χ1) is 6.52. The van der Waals surface area contributed by atoms with Crippen LogP contribution >= 0.6 is 15.9 Å². The Morgan fingerprint density at radius 3 is 2.79 bits per heavy atom. The second-order valence-corrected chi connectivity index (χ2v) is 3.85. The molecular formula is C9H10BrNO3. The molecule has 0 aliphatic rings. The van der Waals surface area contributed by atoms with Gasteiger partial charge in [-0.3, -0.25) is 10.1 Å². The van der Waals surface area contributed by atoms with E-state index in [0.717, 1.165) is 5.56 Å². The molecule has 0 heterocycles. The van der Waals surface area contributed by atoms with Crippen molar-refractivity contribution in [1.82, 2.24) is 0 Å². The van der Waals surface area contributed by atoms with Crippen molar-refractivity contribution >= 4 is 21.6 Å². The lowest BCUT2D eigenvalue weighted by molar-refractivity contribution is -0.385. The van der Waals surface area contributed by atoms with Crippen LogP contribution < -0.4 is 0 Å². The number of nitro benzene ring substituents is 1. The molecule has 0 radical (unpaired) electrons. The monoisotopic (exact) mass is 259 g/mol.